The van der Waals surface area contributed by atoms with Crippen molar-refractivity contribution in [1.29, 1.82) is 0 Å². The molecule has 1 aromatic rings. The molecule has 1 amide bonds. The lowest BCUT2D eigenvalue weighted by Gasteiger charge is -2.15. The van der Waals surface area contributed by atoms with Gasteiger partial charge in [0.2, 0.25) is 15.9 Å². The van der Waals surface area contributed by atoms with Crippen LogP contribution in [0.1, 0.15) is 19.3 Å². The lowest BCUT2D eigenvalue weighted by Crippen LogP contribution is -2.32. The zero-order valence-corrected chi connectivity index (χ0v) is 14.5. The SMILES string of the molecule is O=C(CCNS(=O)(=O)c1ccc(Cl)c(Br)c1)N1CCCC1. The summed E-state index contributed by atoms with van der Waals surface area (Å²) in [6, 6.07) is 4.38. The molecule has 0 bridgehead atoms. The van der Waals surface area contributed by atoms with E-state index in [1.165, 1.54) is 18.2 Å². The van der Waals surface area contributed by atoms with Gasteiger partial charge < -0.3 is 4.90 Å². The minimum atomic E-state index is -3.63. The molecule has 21 heavy (non-hydrogen) atoms. The molecule has 0 aliphatic carbocycles. The van der Waals surface area contributed by atoms with Gasteiger partial charge in [0.05, 0.1) is 9.92 Å². The topological polar surface area (TPSA) is 66.5 Å². The Morgan fingerprint density at radius 1 is 1.33 bits per heavy atom. The fourth-order valence-corrected chi connectivity index (χ4v) is 3.85. The Morgan fingerprint density at radius 3 is 2.62 bits per heavy atom. The minimum absolute atomic E-state index is 0.00696. The highest BCUT2D eigenvalue weighted by molar-refractivity contribution is 9.10. The third-order valence-corrected chi connectivity index (χ3v) is 5.96. The van der Waals surface area contributed by atoms with Gasteiger partial charge in [-0.3, -0.25) is 4.79 Å². The van der Waals surface area contributed by atoms with E-state index in [-0.39, 0.29) is 23.8 Å². The van der Waals surface area contributed by atoms with Gasteiger partial charge in [0.1, 0.15) is 0 Å². The Balaban J connectivity index is 1.91. The number of hydrogen-bond donors (Lipinski definition) is 1. The van der Waals surface area contributed by atoms with Gasteiger partial charge in [-0.1, -0.05) is 11.6 Å². The predicted molar refractivity (Wildman–Crippen MR) is 84.8 cm³/mol. The van der Waals surface area contributed by atoms with Crippen LogP contribution >= 0.6 is 27.5 Å². The molecule has 1 N–H and O–H groups in total. The van der Waals surface area contributed by atoms with Crippen molar-refractivity contribution >= 4 is 43.5 Å². The molecule has 1 aromatic carbocycles. The lowest BCUT2D eigenvalue weighted by molar-refractivity contribution is -0.129. The van der Waals surface area contributed by atoms with E-state index < -0.39 is 10.0 Å². The van der Waals surface area contributed by atoms with Gasteiger partial charge in [-0.2, -0.15) is 0 Å². The van der Waals surface area contributed by atoms with Crippen molar-refractivity contribution in [3.63, 3.8) is 0 Å². The molecule has 0 saturated carbocycles. The maximum atomic E-state index is 12.1. The Hall–Kier alpha value is -0.630. The fourth-order valence-electron chi connectivity index (χ4n) is 2.14. The number of hydrogen-bond acceptors (Lipinski definition) is 3. The molecule has 0 radical (unpaired) electrons. The second kappa shape index (κ2) is 7.09. The van der Waals surface area contributed by atoms with Crippen LogP contribution < -0.4 is 4.72 Å². The zero-order chi connectivity index (χ0) is 15.5. The third kappa shape index (κ3) is 4.42. The Kier molecular flexibility index (Phi) is 5.65. The van der Waals surface area contributed by atoms with Gasteiger partial charge in [0.25, 0.3) is 0 Å². The average Bonchev–Trinajstić information content (AvgIpc) is 2.95. The van der Waals surface area contributed by atoms with Crippen LogP contribution in [0.2, 0.25) is 5.02 Å². The lowest BCUT2D eigenvalue weighted by atomic mass is 10.4. The maximum Gasteiger partial charge on any atom is 0.240 e. The van der Waals surface area contributed by atoms with E-state index in [1.54, 1.807) is 4.90 Å². The van der Waals surface area contributed by atoms with Crippen molar-refractivity contribution in [2.45, 2.75) is 24.2 Å². The van der Waals surface area contributed by atoms with Crippen LogP contribution in [0.4, 0.5) is 0 Å². The van der Waals surface area contributed by atoms with Gasteiger partial charge >= 0.3 is 0 Å². The highest BCUT2D eigenvalue weighted by Crippen LogP contribution is 2.25. The number of benzene rings is 1. The van der Waals surface area contributed by atoms with Crippen molar-refractivity contribution < 1.29 is 13.2 Å². The van der Waals surface area contributed by atoms with Crippen LogP contribution in [0, 0.1) is 0 Å². The normalized spacial score (nSPS) is 15.4. The van der Waals surface area contributed by atoms with E-state index in [1.807, 2.05) is 0 Å². The van der Waals surface area contributed by atoms with Crippen molar-refractivity contribution in [3.8, 4) is 0 Å². The Labute approximate surface area is 137 Å². The smallest absolute Gasteiger partial charge is 0.240 e. The number of likely N-dealkylation sites (tertiary alicyclic amines) is 1. The number of carbonyl (C=O) groups is 1. The molecule has 1 heterocycles. The second-order valence-corrected chi connectivity index (χ2v) is 7.84. The molecular weight excluding hydrogens is 380 g/mol. The summed E-state index contributed by atoms with van der Waals surface area (Å²) >= 11 is 9.03. The summed E-state index contributed by atoms with van der Waals surface area (Å²) in [7, 11) is -3.63. The molecule has 2 rings (SSSR count). The molecule has 0 atom stereocenters. The van der Waals surface area contributed by atoms with Crippen LogP contribution in [0.3, 0.4) is 0 Å². The summed E-state index contributed by atoms with van der Waals surface area (Å²) in [6.45, 7) is 1.64. The monoisotopic (exact) mass is 394 g/mol. The van der Waals surface area contributed by atoms with E-state index in [0.29, 0.717) is 9.50 Å². The van der Waals surface area contributed by atoms with E-state index >= 15 is 0 Å². The van der Waals surface area contributed by atoms with Crippen molar-refractivity contribution in [2.24, 2.45) is 0 Å². The summed E-state index contributed by atoms with van der Waals surface area (Å²) in [5.41, 5.74) is 0. The first kappa shape index (κ1) is 16.7. The quantitative estimate of drug-likeness (QED) is 0.832. The molecule has 0 unspecified atom stereocenters. The van der Waals surface area contributed by atoms with Crippen LogP contribution in [-0.4, -0.2) is 38.9 Å². The first-order valence-electron chi connectivity index (χ1n) is 6.62. The summed E-state index contributed by atoms with van der Waals surface area (Å²) in [5.74, 6) is -0.00696. The molecule has 116 valence electrons. The predicted octanol–water partition coefficient (Wildman–Crippen LogP) is 2.39. The fraction of sp³-hybridized carbons (Fsp3) is 0.462. The molecule has 0 spiro atoms. The molecular formula is C13H16BrClN2O3S. The number of sulfonamides is 1. The minimum Gasteiger partial charge on any atom is -0.343 e. The van der Waals surface area contributed by atoms with E-state index in [9.17, 15) is 13.2 Å². The van der Waals surface area contributed by atoms with Gasteiger partial charge in [0.15, 0.2) is 0 Å². The van der Waals surface area contributed by atoms with Crippen LogP contribution in [0.5, 0.6) is 0 Å². The molecule has 5 nitrogen and oxygen atoms in total. The van der Waals surface area contributed by atoms with Crippen molar-refractivity contribution in [2.75, 3.05) is 19.6 Å². The highest BCUT2D eigenvalue weighted by Gasteiger charge is 2.19. The second-order valence-electron chi connectivity index (χ2n) is 4.81. The van der Waals surface area contributed by atoms with Gasteiger partial charge in [-0.25, -0.2) is 13.1 Å². The van der Waals surface area contributed by atoms with E-state index in [4.69, 9.17) is 11.6 Å². The highest BCUT2D eigenvalue weighted by atomic mass is 79.9. The van der Waals surface area contributed by atoms with Gasteiger partial charge in [0, 0.05) is 30.5 Å². The summed E-state index contributed by atoms with van der Waals surface area (Å²) in [5, 5.41) is 0.443. The Morgan fingerprint density at radius 2 is 2.00 bits per heavy atom. The number of halogens is 2. The summed E-state index contributed by atoms with van der Waals surface area (Å²) < 4.78 is 27.1. The molecule has 1 fully saturated rings. The number of carbonyl (C=O) groups excluding carboxylic acids is 1. The van der Waals surface area contributed by atoms with Gasteiger partial charge in [-0.15, -0.1) is 0 Å². The average molecular weight is 396 g/mol. The molecule has 8 heteroatoms. The first-order chi connectivity index (χ1) is 9.90. The number of nitrogens with one attached hydrogen (secondary N) is 1. The molecule has 1 aliphatic heterocycles. The summed E-state index contributed by atoms with van der Waals surface area (Å²) in [4.78, 5) is 13.7. The maximum absolute atomic E-state index is 12.1. The van der Waals surface area contributed by atoms with Crippen molar-refractivity contribution in [3.05, 3.63) is 27.7 Å². The van der Waals surface area contributed by atoms with Crippen molar-refractivity contribution in [1.82, 2.24) is 9.62 Å². The number of amides is 1. The molecule has 0 aromatic heterocycles. The van der Waals surface area contributed by atoms with Crippen LogP contribution in [-0.2, 0) is 14.8 Å². The molecule has 1 saturated heterocycles. The van der Waals surface area contributed by atoms with E-state index in [2.05, 4.69) is 20.7 Å². The standard InChI is InChI=1S/C13H16BrClN2O3S/c14-11-9-10(3-4-12(11)15)21(19,20)16-6-5-13(18)17-7-1-2-8-17/h3-4,9,16H,1-2,5-8H2. The van der Waals surface area contributed by atoms with Gasteiger partial charge in [-0.05, 0) is 47.0 Å². The Bertz CT molecular complexity index is 630. The first-order valence-corrected chi connectivity index (χ1v) is 9.28. The zero-order valence-electron chi connectivity index (χ0n) is 11.3. The van der Waals surface area contributed by atoms with E-state index in [0.717, 1.165) is 25.9 Å². The third-order valence-electron chi connectivity index (χ3n) is 3.29. The van der Waals surface area contributed by atoms with Crippen LogP contribution in [0.25, 0.3) is 0 Å². The number of nitrogens with zero attached hydrogens (tertiary/aromatic N) is 1. The molecule has 1 aliphatic rings. The summed E-state index contributed by atoms with van der Waals surface area (Å²) in [6.07, 6.45) is 2.22. The van der Waals surface area contributed by atoms with Crippen LogP contribution in [0.15, 0.2) is 27.6 Å². The largest absolute Gasteiger partial charge is 0.343 e. The number of rotatable bonds is 5.